The topological polar surface area (TPSA) is 55.0 Å². The normalized spacial score (nSPS) is 16.4. The molecule has 1 aromatic rings. The molecule has 1 aliphatic heterocycles. The zero-order valence-corrected chi connectivity index (χ0v) is 9.45. The van der Waals surface area contributed by atoms with Crippen LogP contribution < -0.4 is 5.73 Å². The SMILES string of the molecule is CCCN1CCc2nc(C)nc(N)c2C1. The van der Waals surface area contributed by atoms with Gasteiger partial charge in [-0.15, -0.1) is 0 Å². The van der Waals surface area contributed by atoms with Gasteiger partial charge in [-0.1, -0.05) is 6.92 Å². The lowest BCUT2D eigenvalue weighted by atomic mass is 10.1. The van der Waals surface area contributed by atoms with Crippen molar-refractivity contribution in [3.8, 4) is 0 Å². The Morgan fingerprint density at radius 1 is 1.40 bits per heavy atom. The van der Waals surface area contributed by atoms with Crippen molar-refractivity contribution in [3.63, 3.8) is 0 Å². The second-order valence-electron chi connectivity index (χ2n) is 4.11. The summed E-state index contributed by atoms with van der Waals surface area (Å²) in [6.07, 6.45) is 2.19. The highest BCUT2D eigenvalue weighted by Crippen LogP contribution is 2.21. The van der Waals surface area contributed by atoms with Crippen molar-refractivity contribution in [3.05, 3.63) is 17.1 Å². The minimum Gasteiger partial charge on any atom is -0.383 e. The smallest absolute Gasteiger partial charge is 0.131 e. The van der Waals surface area contributed by atoms with Gasteiger partial charge < -0.3 is 5.73 Å². The molecule has 0 unspecified atom stereocenters. The number of nitrogens with two attached hydrogens (primary N) is 1. The van der Waals surface area contributed by atoms with E-state index < -0.39 is 0 Å². The Hall–Kier alpha value is -1.16. The summed E-state index contributed by atoms with van der Waals surface area (Å²) in [5.41, 5.74) is 8.21. The molecule has 15 heavy (non-hydrogen) atoms. The van der Waals surface area contributed by atoms with E-state index in [2.05, 4.69) is 21.8 Å². The van der Waals surface area contributed by atoms with Crippen LogP contribution in [0.1, 0.15) is 30.4 Å². The van der Waals surface area contributed by atoms with Crippen molar-refractivity contribution >= 4 is 5.82 Å². The van der Waals surface area contributed by atoms with E-state index in [0.29, 0.717) is 5.82 Å². The van der Waals surface area contributed by atoms with Gasteiger partial charge in [0.25, 0.3) is 0 Å². The van der Waals surface area contributed by atoms with E-state index >= 15 is 0 Å². The molecule has 0 amide bonds. The Balaban J connectivity index is 2.25. The first-order valence-corrected chi connectivity index (χ1v) is 5.55. The van der Waals surface area contributed by atoms with Crippen LogP contribution in [0.15, 0.2) is 0 Å². The van der Waals surface area contributed by atoms with Gasteiger partial charge in [0.05, 0.1) is 5.69 Å². The number of hydrogen-bond donors (Lipinski definition) is 1. The lowest BCUT2D eigenvalue weighted by Gasteiger charge is -2.28. The van der Waals surface area contributed by atoms with E-state index in [1.165, 1.54) is 6.42 Å². The summed E-state index contributed by atoms with van der Waals surface area (Å²) in [4.78, 5) is 11.1. The van der Waals surface area contributed by atoms with Crippen molar-refractivity contribution in [2.45, 2.75) is 33.2 Å². The highest BCUT2D eigenvalue weighted by Gasteiger charge is 2.19. The average Bonchev–Trinajstić information content (AvgIpc) is 2.19. The maximum atomic E-state index is 5.92. The number of aromatic nitrogens is 2. The van der Waals surface area contributed by atoms with E-state index in [0.717, 1.165) is 43.1 Å². The Morgan fingerprint density at radius 3 is 2.93 bits per heavy atom. The number of aryl methyl sites for hydroxylation is 1. The predicted octanol–water partition coefficient (Wildman–Crippen LogP) is 1.14. The average molecular weight is 206 g/mol. The Morgan fingerprint density at radius 2 is 2.20 bits per heavy atom. The van der Waals surface area contributed by atoms with Crippen molar-refractivity contribution < 1.29 is 0 Å². The maximum absolute atomic E-state index is 5.92. The highest BCUT2D eigenvalue weighted by molar-refractivity contribution is 5.43. The molecule has 0 fully saturated rings. The zero-order chi connectivity index (χ0) is 10.8. The summed E-state index contributed by atoms with van der Waals surface area (Å²) in [6.45, 7) is 7.23. The van der Waals surface area contributed by atoms with Crippen molar-refractivity contribution in [1.29, 1.82) is 0 Å². The van der Waals surface area contributed by atoms with Crippen molar-refractivity contribution in [2.75, 3.05) is 18.8 Å². The summed E-state index contributed by atoms with van der Waals surface area (Å²) >= 11 is 0. The second kappa shape index (κ2) is 4.14. The van der Waals surface area contributed by atoms with Crippen LogP contribution in [0.3, 0.4) is 0 Å². The third-order valence-corrected chi connectivity index (χ3v) is 2.82. The fraction of sp³-hybridized carbons (Fsp3) is 0.636. The van der Waals surface area contributed by atoms with Crippen LogP contribution in [0, 0.1) is 6.92 Å². The Kier molecular flexibility index (Phi) is 2.86. The fourth-order valence-corrected chi connectivity index (χ4v) is 2.13. The summed E-state index contributed by atoms with van der Waals surface area (Å²) in [7, 11) is 0. The molecular weight excluding hydrogens is 188 g/mol. The van der Waals surface area contributed by atoms with Gasteiger partial charge in [-0.2, -0.15) is 0 Å². The lowest BCUT2D eigenvalue weighted by molar-refractivity contribution is 0.252. The van der Waals surface area contributed by atoms with Crippen molar-refractivity contribution in [2.24, 2.45) is 0 Å². The molecule has 0 saturated carbocycles. The number of hydrogen-bond acceptors (Lipinski definition) is 4. The summed E-state index contributed by atoms with van der Waals surface area (Å²) < 4.78 is 0. The monoisotopic (exact) mass is 206 g/mol. The molecule has 82 valence electrons. The van der Waals surface area contributed by atoms with Crippen LogP contribution in [0.2, 0.25) is 0 Å². The number of nitrogens with zero attached hydrogens (tertiary/aromatic N) is 3. The van der Waals surface area contributed by atoms with E-state index in [4.69, 9.17) is 5.73 Å². The van der Waals surface area contributed by atoms with Gasteiger partial charge in [0.2, 0.25) is 0 Å². The van der Waals surface area contributed by atoms with Gasteiger partial charge in [0, 0.05) is 25.1 Å². The third kappa shape index (κ3) is 2.09. The van der Waals surface area contributed by atoms with Crippen LogP contribution in [0.25, 0.3) is 0 Å². The lowest BCUT2D eigenvalue weighted by Crippen LogP contribution is -2.32. The molecule has 4 nitrogen and oxygen atoms in total. The molecule has 0 aliphatic carbocycles. The van der Waals surface area contributed by atoms with Crippen LogP contribution in [-0.2, 0) is 13.0 Å². The number of nitrogen functional groups attached to an aromatic ring is 1. The van der Waals surface area contributed by atoms with E-state index in [9.17, 15) is 0 Å². The first-order chi connectivity index (χ1) is 7.20. The van der Waals surface area contributed by atoms with Crippen LogP contribution in [0.5, 0.6) is 0 Å². The Labute approximate surface area is 90.5 Å². The fourth-order valence-electron chi connectivity index (χ4n) is 2.13. The third-order valence-electron chi connectivity index (χ3n) is 2.82. The standard InChI is InChI=1S/C11H18N4/c1-3-5-15-6-4-10-9(7-15)11(12)14-8(2)13-10/h3-7H2,1-2H3,(H2,12,13,14). The molecule has 0 spiro atoms. The van der Waals surface area contributed by atoms with Crippen LogP contribution >= 0.6 is 0 Å². The molecule has 0 saturated heterocycles. The molecule has 0 bridgehead atoms. The number of fused-ring (bicyclic) bond motifs is 1. The molecule has 0 aromatic carbocycles. The van der Waals surface area contributed by atoms with Crippen LogP contribution in [0.4, 0.5) is 5.82 Å². The molecule has 2 N–H and O–H groups in total. The molecule has 1 aliphatic rings. The number of anilines is 1. The van der Waals surface area contributed by atoms with Crippen molar-refractivity contribution in [1.82, 2.24) is 14.9 Å². The molecule has 2 rings (SSSR count). The van der Waals surface area contributed by atoms with Gasteiger partial charge >= 0.3 is 0 Å². The first kappa shape index (κ1) is 10.4. The van der Waals surface area contributed by atoms with Crippen LogP contribution in [-0.4, -0.2) is 28.0 Å². The summed E-state index contributed by atoms with van der Waals surface area (Å²) in [6, 6.07) is 0. The van der Waals surface area contributed by atoms with Gasteiger partial charge in [0.1, 0.15) is 11.6 Å². The summed E-state index contributed by atoms with van der Waals surface area (Å²) in [5, 5.41) is 0. The zero-order valence-electron chi connectivity index (χ0n) is 9.45. The predicted molar refractivity (Wildman–Crippen MR) is 60.5 cm³/mol. The minimum atomic E-state index is 0.665. The molecule has 0 atom stereocenters. The Bertz CT molecular complexity index is 362. The minimum absolute atomic E-state index is 0.665. The van der Waals surface area contributed by atoms with Gasteiger partial charge in [-0.05, 0) is 19.9 Å². The van der Waals surface area contributed by atoms with E-state index in [1.807, 2.05) is 6.92 Å². The number of rotatable bonds is 2. The van der Waals surface area contributed by atoms with E-state index in [-0.39, 0.29) is 0 Å². The van der Waals surface area contributed by atoms with Gasteiger partial charge in [-0.25, -0.2) is 9.97 Å². The first-order valence-electron chi connectivity index (χ1n) is 5.55. The molecular formula is C11H18N4. The van der Waals surface area contributed by atoms with E-state index in [1.54, 1.807) is 0 Å². The molecule has 0 radical (unpaired) electrons. The largest absolute Gasteiger partial charge is 0.383 e. The quantitative estimate of drug-likeness (QED) is 0.788. The second-order valence-corrected chi connectivity index (χ2v) is 4.11. The summed E-state index contributed by atoms with van der Waals surface area (Å²) in [5.74, 6) is 1.45. The highest BCUT2D eigenvalue weighted by atomic mass is 15.1. The van der Waals surface area contributed by atoms with Gasteiger partial charge in [-0.3, -0.25) is 4.90 Å². The molecule has 4 heteroatoms. The maximum Gasteiger partial charge on any atom is 0.131 e. The van der Waals surface area contributed by atoms with Gasteiger partial charge in [0.15, 0.2) is 0 Å². The molecule has 1 aromatic heterocycles. The molecule has 2 heterocycles.